The number of anilines is 2. The predicted molar refractivity (Wildman–Crippen MR) is 121 cm³/mol. The summed E-state index contributed by atoms with van der Waals surface area (Å²) >= 11 is 6.59. The van der Waals surface area contributed by atoms with Gasteiger partial charge in [-0.05, 0) is 86.0 Å². The molecule has 0 saturated carbocycles. The maximum absolute atomic E-state index is 12.5. The lowest BCUT2D eigenvalue weighted by Crippen LogP contribution is -2.11. The Balaban J connectivity index is 1.68. The van der Waals surface area contributed by atoms with Crippen molar-refractivity contribution in [2.45, 2.75) is 0 Å². The zero-order valence-corrected chi connectivity index (χ0v) is 18.0. The molecule has 1 aliphatic rings. The van der Waals surface area contributed by atoms with E-state index in [1.165, 1.54) is 0 Å². The van der Waals surface area contributed by atoms with E-state index in [9.17, 15) is 14.7 Å². The van der Waals surface area contributed by atoms with Gasteiger partial charge in [-0.2, -0.15) is 0 Å². The molecule has 1 aliphatic heterocycles. The van der Waals surface area contributed by atoms with Gasteiger partial charge in [0.05, 0.1) is 8.95 Å². The molecule has 0 radical (unpaired) electrons. The molecular weight excluding hydrogens is 500 g/mol. The third-order valence-corrected chi connectivity index (χ3v) is 5.66. The van der Waals surface area contributed by atoms with Crippen molar-refractivity contribution in [3.63, 3.8) is 0 Å². The summed E-state index contributed by atoms with van der Waals surface area (Å²) in [4.78, 5) is 24.9. The topological polar surface area (TPSA) is 78.4 Å². The molecule has 3 N–H and O–H groups in total. The summed E-state index contributed by atoms with van der Waals surface area (Å²) in [6.45, 7) is 0. The summed E-state index contributed by atoms with van der Waals surface area (Å²) in [6, 6.07) is 17.6. The fourth-order valence-corrected chi connectivity index (χ4v) is 4.26. The van der Waals surface area contributed by atoms with Crippen LogP contribution in [-0.4, -0.2) is 16.9 Å². The van der Waals surface area contributed by atoms with Crippen molar-refractivity contribution in [2.24, 2.45) is 0 Å². The lowest BCUT2D eigenvalue weighted by Gasteiger charge is -2.08. The molecule has 144 valence electrons. The maximum atomic E-state index is 12.5. The third kappa shape index (κ3) is 3.97. The van der Waals surface area contributed by atoms with E-state index < -0.39 is 0 Å². The highest BCUT2D eigenvalue weighted by atomic mass is 79.9. The van der Waals surface area contributed by atoms with Crippen molar-refractivity contribution >= 4 is 66.7 Å². The Hall–Kier alpha value is -2.90. The summed E-state index contributed by atoms with van der Waals surface area (Å²) in [5.41, 5.74) is 3.72. The van der Waals surface area contributed by atoms with Gasteiger partial charge in [0.2, 0.25) is 0 Å². The van der Waals surface area contributed by atoms with Crippen molar-refractivity contribution in [2.75, 3.05) is 10.6 Å². The average Bonchev–Trinajstić information content (AvgIpc) is 3.01. The van der Waals surface area contributed by atoms with Gasteiger partial charge in [0.1, 0.15) is 5.75 Å². The van der Waals surface area contributed by atoms with E-state index >= 15 is 0 Å². The molecule has 0 unspecified atom stereocenters. The summed E-state index contributed by atoms with van der Waals surface area (Å²) in [7, 11) is 0. The van der Waals surface area contributed by atoms with Gasteiger partial charge in [-0.3, -0.25) is 9.59 Å². The van der Waals surface area contributed by atoms with Crippen LogP contribution in [0, 0.1) is 0 Å². The van der Waals surface area contributed by atoms with Crippen LogP contribution in [0.4, 0.5) is 11.4 Å². The van der Waals surface area contributed by atoms with E-state index in [1.807, 2.05) is 6.07 Å². The standard InChI is InChI=1S/C22H14Br2N2O3/c23-17-9-12(10-18(24)20(17)27)8-16-15-11-14(6-7-19(15)26-22(16)29)25-21(28)13-4-2-1-3-5-13/h1-11,27H,(H,25,28)(H,26,29). The van der Waals surface area contributed by atoms with Crippen molar-refractivity contribution in [1.29, 1.82) is 0 Å². The Morgan fingerprint density at radius 2 is 1.69 bits per heavy atom. The third-order valence-electron chi connectivity index (χ3n) is 4.45. The molecule has 3 aromatic rings. The second-order valence-electron chi connectivity index (χ2n) is 6.43. The number of phenols is 1. The number of aromatic hydroxyl groups is 1. The minimum atomic E-state index is -0.230. The van der Waals surface area contributed by atoms with Crippen LogP contribution in [0.1, 0.15) is 21.5 Å². The summed E-state index contributed by atoms with van der Waals surface area (Å²) < 4.78 is 1.03. The largest absolute Gasteiger partial charge is 0.506 e. The lowest BCUT2D eigenvalue weighted by molar-refractivity contribution is -0.110. The highest BCUT2D eigenvalue weighted by Crippen LogP contribution is 2.38. The first-order chi connectivity index (χ1) is 13.9. The van der Waals surface area contributed by atoms with Gasteiger partial charge in [0, 0.05) is 28.1 Å². The molecule has 29 heavy (non-hydrogen) atoms. The molecule has 3 aromatic carbocycles. The second-order valence-corrected chi connectivity index (χ2v) is 8.13. The smallest absolute Gasteiger partial charge is 0.256 e. The Labute approximate surface area is 183 Å². The number of phenolic OH excluding ortho intramolecular Hbond substituents is 1. The average molecular weight is 514 g/mol. The fraction of sp³-hybridized carbons (Fsp3) is 0. The van der Waals surface area contributed by atoms with E-state index in [4.69, 9.17) is 0 Å². The zero-order chi connectivity index (χ0) is 20.5. The second kappa shape index (κ2) is 7.85. The zero-order valence-electron chi connectivity index (χ0n) is 14.9. The summed E-state index contributed by atoms with van der Waals surface area (Å²) in [5.74, 6) is -0.360. The van der Waals surface area contributed by atoms with E-state index in [0.717, 1.165) is 5.56 Å². The monoisotopic (exact) mass is 512 g/mol. The fourth-order valence-electron chi connectivity index (χ4n) is 3.04. The van der Waals surface area contributed by atoms with Gasteiger partial charge in [-0.25, -0.2) is 0 Å². The maximum Gasteiger partial charge on any atom is 0.256 e. The van der Waals surface area contributed by atoms with E-state index in [-0.39, 0.29) is 17.6 Å². The van der Waals surface area contributed by atoms with Crippen LogP contribution in [0.25, 0.3) is 11.6 Å². The van der Waals surface area contributed by atoms with Gasteiger partial charge >= 0.3 is 0 Å². The van der Waals surface area contributed by atoms with E-state index in [0.29, 0.717) is 37.0 Å². The first-order valence-corrected chi connectivity index (χ1v) is 10.2. The van der Waals surface area contributed by atoms with Gasteiger partial charge in [-0.1, -0.05) is 18.2 Å². The molecule has 0 saturated heterocycles. The van der Waals surface area contributed by atoms with Crippen molar-refractivity contribution in [3.8, 4) is 5.75 Å². The van der Waals surface area contributed by atoms with Gasteiger partial charge in [-0.15, -0.1) is 0 Å². The van der Waals surface area contributed by atoms with Crippen LogP contribution in [0.5, 0.6) is 5.75 Å². The first-order valence-electron chi connectivity index (χ1n) is 8.64. The number of nitrogens with one attached hydrogen (secondary N) is 2. The number of hydrogen-bond acceptors (Lipinski definition) is 3. The normalized spacial score (nSPS) is 13.9. The number of carbonyl (C=O) groups excluding carboxylic acids is 2. The molecule has 0 spiro atoms. The molecule has 5 nitrogen and oxygen atoms in total. The van der Waals surface area contributed by atoms with Crippen LogP contribution in [-0.2, 0) is 4.79 Å². The van der Waals surface area contributed by atoms with Gasteiger partial charge in [0.25, 0.3) is 11.8 Å². The number of benzene rings is 3. The van der Waals surface area contributed by atoms with Crippen LogP contribution in [0.3, 0.4) is 0 Å². The Morgan fingerprint density at radius 1 is 1.00 bits per heavy atom. The van der Waals surface area contributed by atoms with Crippen LogP contribution < -0.4 is 10.6 Å². The lowest BCUT2D eigenvalue weighted by atomic mass is 10.0. The number of fused-ring (bicyclic) bond motifs is 1. The van der Waals surface area contributed by atoms with Gasteiger partial charge < -0.3 is 15.7 Å². The SMILES string of the molecule is O=C1Nc2ccc(NC(=O)c3ccccc3)cc2C1=Cc1cc(Br)c(O)c(Br)c1. The quantitative estimate of drug-likeness (QED) is 0.395. The predicted octanol–water partition coefficient (Wildman–Crippen LogP) is 5.66. The molecule has 0 aromatic heterocycles. The molecule has 0 bridgehead atoms. The minimum Gasteiger partial charge on any atom is -0.506 e. The number of hydrogen-bond donors (Lipinski definition) is 3. The minimum absolute atomic E-state index is 0.0920. The number of rotatable bonds is 3. The first kappa shape index (κ1) is 19.4. The highest BCUT2D eigenvalue weighted by Gasteiger charge is 2.25. The van der Waals surface area contributed by atoms with Crippen molar-refractivity contribution in [1.82, 2.24) is 0 Å². The summed E-state index contributed by atoms with van der Waals surface area (Å²) in [6.07, 6.45) is 1.74. The highest BCUT2D eigenvalue weighted by molar-refractivity contribution is 9.11. The van der Waals surface area contributed by atoms with E-state index in [1.54, 1.807) is 60.7 Å². The van der Waals surface area contributed by atoms with Crippen molar-refractivity contribution < 1.29 is 14.7 Å². The molecule has 2 amide bonds. The van der Waals surface area contributed by atoms with Crippen LogP contribution in [0.2, 0.25) is 0 Å². The van der Waals surface area contributed by atoms with Crippen LogP contribution >= 0.6 is 31.9 Å². The van der Waals surface area contributed by atoms with E-state index in [2.05, 4.69) is 42.5 Å². The number of carbonyl (C=O) groups is 2. The van der Waals surface area contributed by atoms with Crippen molar-refractivity contribution in [3.05, 3.63) is 86.3 Å². The Kier molecular flexibility index (Phi) is 5.25. The molecule has 0 atom stereocenters. The molecule has 7 heteroatoms. The Morgan fingerprint density at radius 3 is 2.38 bits per heavy atom. The van der Waals surface area contributed by atoms with Gasteiger partial charge in [0.15, 0.2) is 0 Å². The Bertz CT molecular complexity index is 1150. The molecular formula is C22H14Br2N2O3. The molecule has 1 heterocycles. The molecule has 0 fully saturated rings. The summed E-state index contributed by atoms with van der Waals surface area (Å²) in [5, 5.41) is 15.6. The van der Waals surface area contributed by atoms with Crippen LogP contribution in [0.15, 0.2) is 69.6 Å². The number of halogens is 2. The molecule has 0 aliphatic carbocycles. The number of amides is 2. The molecule has 4 rings (SSSR count).